The van der Waals surface area contributed by atoms with Crippen molar-refractivity contribution in [1.82, 2.24) is 0 Å². The zero-order valence-electron chi connectivity index (χ0n) is 7.84. The van der Waals surface area contributed by atoms with Gasteiger partial charge in [-0.25, -0.2) is 8.42 Å². The lowest BCUT2D eigenvalue weighted by molar-refractivity contribution is 0.567. The molecule has 0 amide bonds. The highest BCUT2D eigenvalue weighted by molar-refractivity contribution is 7.91. The number of rotatable bonds is 2. The monoisotopic (exact) mass is 247 g/mol. The van der Waals surface area contributed by atoms with Gasteiger partial charge in [0.1, 0.15) is 0 Å². The molecule has 2 rings (SSSR count). The summed E-state index contributed by atoms with van der Waals surface area (Å²) in [6.07, 6.45) is 4.66. The van der Waals surface area contributed by atoms with Crippen LogP contribution in [0.5, 0.6) is 0 Å². The van der Waals surface area contributed by atoms with Crippen molar-refractivity contribution < 1.29 is 12.8 Å². The molecule has 0 aliphatic carbocycles. The Kier molecular flexibility index (Phi) is 2.84. The SMILES string of the molecule is O=S1(=O)C[C@H](N=Cc2ccoc2)[C@@H](Cl)C1. The van der Waals surface area contributed by atoms with E-state index >= 15 is 0 Å². The fraction of sp³-hybridized carbons (Fsp3) is 0.444. The first kappa shape index (κ1) is 10.7. The third-order valence-electron chi connectivity index (χ3n) is 2.21. The van der Waals surface area contributed by atoms with Crippen molar-refractivity contribution in [3.8, 4) is 0 Å². The van der Waals surface area contributed by atoms with Gasteiger partial charge in [-0.2, -0.15) is 0 Å². The molecule has 0 bridgehead atoms. The van der Waals surface area contributed by atoms with Crippen LogP contribution in [0.25, 0.3) is 0 Å². The maximum atomic E-state index is 11.2. The fourth-order valence-electron chi connectivity index (χ4n) is 1.45. The minimum atomic E-state index is -3.00. The number of nitrogens with zero attached hydrogens (tertiary/aromatic N) is 1. The Bertz CT molecular complexity index is 452. The molecule has 0 aromatic carbocycles. The third kappa shape index (κ3) is 2.60. The fourth-order valence-corrected chi connectivity index (χ4v) is 3.97. The van der Waals surface area contributed by atoms with Gasteiger partial charge in [-0.3, -0.25) is 4.99 Å². The second kappa shape index (κ2) is 3.98. The summed E-state index contributed by atoms with van der Waals surface area (Å²) in [7, 11) is -3.00. The largest absolute Gasteiger partial charge is 0.472 e. The molecule has 1 fully saturated rings. The molecule has 0 N–H and O–H groups in total. The summed E-state index contributed by atoms with van der Waals surface area (Å²) >= 11 is 5.89. The Morgan fingerprint density at radius 2 is 2.33 bits per heavy atom. The molecular weight excluding hydrogens is 238 g/mol. The van der Waals surface area contributed by atoms with Crippen molar-refractivity contribution in [1.29, 1.82) is 0 Å². The average Bonchev–Trinajstić information content (AvgIpc) is 2.70. The highest BCUT2D eigenvalue weighted by atomic mass is 35.5. The number of furan rings is 1. The highest BCUT2D eigenvalue weighted by Gasteiger charge is 2.35. The van der Waals surface area contributed by atoms with Gasteiger partial charge in [0.05, 0.1) is 35.5 Å². The van der Waals surface area contributed by atoms with Gasteiger partial charge in [0, 0.05) is 11.8 Å². The molecule has 1 aliphatic heterocycles. The van der Waals surface area contributed by atoms with Gasteiger partial charge in [-0.05, 0) is 6.07 Å². The molecule has 0 radical (unpaired) electrons. The predicted molar refractivity (Wildman–Crippen MR) is 58.4 cm³/mol. The number of halogens is 1. The van der Waals surface area contributed by atoms with Crippen LogP contribution in [-0.2, 0) is 9.84 Å². The maximum Gasteiger partial charge on any atom is 0.153 e. The van der Waals surface area contributed by atoms with Crippen molar-refractivity contribution in [3.63, 3.8) is 0 Å². The topological polar surface area (TPSA) is 59.6 Å². The molecule has 1 saturated heterocycles. The first-order valence-corrected chi connectivity index (χ1v) is 6.72. The first-order chi connectivity index (χ1) is 7.07. The van der Waals surface area contributed by atoms with Crippen LogP contribution >= 0.6 is 11.6 Å². The van der Waals surface area contributed by atoms with E-state index in [1.807, 2.05) is 0 Å². The molecule has 2 atom stereocenters. The Hall–Kier alpha value is -0.810. The molecule has 15 heavy (non-hydrogen) atoms. The summed E-state index contributed by atoms with van der Waals surface area (Å²) in [6, 6.07) is 1.41. The van der Waals surface area contributed by atoms with E-state index in [1.165, 1.54) is 12.5 Å². The Balaban J connectivity index is 2.08. The van der Waals surface area contributed by atoms with E-state index in [0.717, 1.165) is 5.56 Å². The van der Waals surface area contributed by atoms with Crippen LogP contribution in [0.15, 0.2) is 28.0 Å². The lowest BCUT2D eigenvalue weighted by Crippen LogP contribution is -2.15. The van der Waals surface area contributed by atoms with Crippen LogP contribution in [0.1, 0.15) is 5.56 Å². The number of hydrogen-bond donors (Lipinski definition) is 0. The van der Waals surface area contributed by atoms with Crippen molar-refractivity contribution >= 4 is 27.7 Å². The second-order valence-electron chi connectivity index (χ2n) is 3.50. The molecule has 0 spiro atoms. The van der Waals surface area contributed by atoms with E-state index in [9.17, 15) is 8.42 Å². The molecule has 4 nitrogen and oxygen atoms in total. The first-order valence-electron chi connectivity index (χ1n) is 4.47. The van der Waals surface area contributed by atoms with E-state index in [0.29, 0.717) is 0 Å². The summed E-state index contributed by atoms with van der Waals surface area (Å²) in [5, 5.41) is -0.418. The highest BCUT2D eigenvalue weighted by Crippen LogP contribution is 2.20. The van der Waals surface area contributed by atoms with Crippen LogP contribution in [0.3, 0.4) is 0 Å². The van der Waals surface area contributed by atoms with Gasteiger partial charge in [0.15, 0.2) is 9.84 Å². The quantitative estimate of drug-likeness (QED) is 0.581. The van der Waals surface area contributed by atoms with Gasteiger partial charge >= 0.3 is 0 Å². The van der Waals surface area contributed by atoms with Crippen molar-refractivity contribution in [3.05, 3.63) is 24.2 Å². The van der Waals surface area contributed by atoms with Gasteiger partial charge in [0.25, 0.3) is 0 Å². The second-order valence-corrected chi connectivity index (χ2v) is 6.21. The Morgan fingerprint density at radius 1 is 1.53 bits per heavy atom. The number of aliphatic imine (C=N–C) groups is 1. The van der Waals surface area contributed by atoms with Crippen molar-refractivity contribution in [2.24, 2.45) is 4.99 Å². The number of sulfone groups is 1. The third-order valence-corrected chi connectivity index (χ3v) is 4.56. The predicted octanol–water partition coefficient (Wildman–Crippen LogP) is 1.10. The molecular formula is C9H10ClNO3S. The maximum absolute atomic E-state index is 11.2. The Labute approximate surface area is 92.9 Å². The van der Waals surface area contributed by atoms with Gasteiger partial charge in [0.2, 0.25) is 0 Å². The minimum absolute atomic E-state index is 0.0158. The smallest absolute Gasteiger partial charge is 0.153 e. The standard InChI is InChI=1S/C9H10ClNO3S/c10-8-5-15(12,13)6-9(8)11-3-7-1-2-14-4-7/h1-4,8-9H,5-6H2/t8-,9-/m0/s1. The lowest BCUT2D eigenvalue weighted by Gasteiger charge is -2.03. The number of hydrogen-bond acceptors (Lipinski definition) is 4. The average molecular weight is 248 g/mol. The molecule has 1 aromatic rings. The van der Waals surface area contributed by atoms with Gasteiger partial charge < -0.3 is 4.42 Å². The molecule has 6 heteroatoms. The summed E-state index contributed by atoms with van der Waals surface area (Å²) in [5.74, 6) is 0.0530. The van der Waals surface area contributed by atoms with Crippen LogP contribution in [0, 0.1) is 0 Å². The van der Waals surface area contributed by atoms with Crippen LogP contribution in [-0.4, -0.2) is 37.6 Å². The molecule has 0 unspecified atom stereocenters. The van der Waals surface area contributed by atoms with Gasteiger partial charge in [-0.15, -0.1) is 11.6 Å². The Morgan fingerprint density at radius 3 is 2.87 bits per heavy atom. The molecule has 82 valence electrons. The van der Waals surface area contributed by atoms with E-state index in [-0.39, 0.29) is 17.5 Å². The van der Waals surface area contributed by atoms with E-state index < -0.39 is 15.2 Å². The molecule has 2 heterocycles. The number of alkyl halides is 1. The summed E-state index contributed by atoms with van der Waals surface area (Å²) in [5.41, 5.74) is 0.808. The van der Waals surface area contributed by atoms with Crippen molar-refractivity contribution in [2.75, 3.05) is 11.5 Å². The van der Waals surface area contributed by atoms with Crippen molar-refractivity contribution in [2.45, 2.75) is 11.4 Å². The van der Waals surface area contributed by atoms with E-state index in [4.69, 9.17) is 16.0 Å². The zero-order valence-corrected chi connectivity index (χ0v) is 9.41. The van der Waals surface area contributed by atoms with E-state index in [1.54, 1.807) is 12.3 Å². The lowest BCUT2D eigenvalue weighted by atomic mass is 10.2. The van der Waals surface area contributed by atoms with E-state index in [2.05, 4.69) is 4.99 Å². The minimum Gasteiger partial charge on any atom is -0.472 e. The molecule has 1 aromatic heterocycles. The van der Waals surface area contributed by atoms with Gasteiger partial charge in [-0.1, -0.05) is 0 Å². The van der Waals surface area contributed by atoms with Crippen LogP contribution in [0.4, 0.5) is 0 Å². The van der Waals surface area contributed by atoms with Crippen LogP contribution < -0.4 is 0 Å². The molecule has 1 aliphatic rings. The summed E-state index contributed by atoms with van der Waals surface area (Å²) in [6.45, 7) is 0. The van der Waals surface area contributed by atoms with Crippen LogP contribution in [0.2, 0.25) is 0 Å². The normalized spacial score (nSPS) is 29.9. The zero-order chi connectivity index (χ0) is 10.9. The molecule has 0 saturated carbocycles. The summed E-state index contributed by atoms with van der Waals surface area (Å²) < 4.78 is 27.3. The summed E-state index contributed by atoms with van der Waals surface area (Å²) in [4.78, 5) is 4.15.